The van der Waals surface area contributed by atoms with Crippen molar-refractivity contribution in [1.29, 1.82) is 0 Å². The summed E-state index contributed by atoms with van der Waals surface area (Å²) < 4.78 is 12.1. The predicted molar refractivity (Wildman–Crippen MR) is 111 cm³/mol. The third-order valence-electron chi connectivity index (χ3n) is 4.90. The average molecular weight is 357 g/mol. The Morgan fingerprint density at radius 3 is 1.24 bits per heavy atom. The van der Waals surface area contributed by atoms with E-state index in [4.69, 9.17) is 9.47 Å². The van der Waals surface area contributed by atoms with Gasteiger partial charge < -0.3 is 9.47 Å². The second-order valence-electron chi connectivity index (χ2n) is 7.56. The normalized spacial score (nSPS) is 11.5. The molecular weight excluding hydrogens is 308 g/mol. The first-order chi connectivity index (χ1) is 12.3. The standard InChI is InChI=1S/C23H48O2/c1-4-7-10-13-14-17-20-23(24-21-18-15-11-8-5-2)25-22-19-16-12-9-6-3/h23H,4-22H2,1-3H3. The molecule has 0 aromatic carbocycles. The molecule has 0 bridgehead atoms. The molecule has 0 aromatic rings. The third kappa shape index (κ3) is 20.1. The third-order valence-corrected chi connectivity index (χ3v) is 4.90. The van der Waals surface area contributed by atoms with Gasteiger partial charge in [-0.3, -0.25) is 0 Å². The van der Waals surface area contributed by atoms with Crippen molar-refractivity contribution < 1.29 is 9.47 Å². The summed E-state index contributed by atoms with van der Waals surface area (Å²) in [6, 6.07) is 0. The van der Waals surface area contributed by atoms with E-state index in [1.807, 2.05) is 0 Å². The summed E-state index contributed by atoms with van der Waals surface area (Å²) in [4.78, 5) is 0. The molecule has 0 aliphatic carbocycles. The lowest BCUT2D eigenvalue weighted by atomic mass is 10.1. The van der Waals surface area contributed by atoms with Gasteiger partial charge in [0.05, 0.1) is 0 Å². The van der Waals surface area contributed by atoms with Crippen molar-refractivity contribution in [3.63, 3.8) is 0 Å². The summed E-state index contributed by atoms with van der Waals surface area (Å²) in [6.45, 7) is 8.56. The monoisotopic (exact) mass is 356 g/mol. The lowest BCUT2D eigenvalue weighted by Crippen LogP contribution is -2.19. The fourth-order valence-electron chi connectivity index (χ4n) is 3.15. The Morgan fingerprint density at radius 2 is 0.800 bits per heavy atom. The van der Waals surface area contributed by atoms with Crippen LogP contribution in [-0.2, 0) is 9.47 Å². The molecule has 0 saturated heterocycles. The van der Waals surface area contributed by atoms with E-state index in [1.165, 1.54) is 103 Å². The number of ether oxygens (including phenoxy) is 2. The number of rotatable bonds is 21. The Balaban J connectivity index is 3.76. The molecule has 0 aliphatic rings. The van der Waals surface area contributed by atoms with E-state index in [9.17, 15) is 0 Å². The van der Waals surface area contributed by atoms with Gasteiger partial charge >= 0.3 is 0 Å². The van der Waals surface area contributed by atoms with Crippen molar-refractivity contribution in [2.24, 2.45) is 0 Å². The minimum Gasteiger partial charge on any atom is -0.353 e. The second kappa shape index (κ2) is 22.0. The van der Waals surface area contributed by atoms with E-state index in [1.54, 1.807) is 0 Å². The Bertz CT molecular complexity index is 192. The second-order valence-corrected chi connectivity index (χ2v) is 7.56. The molecule has 0 saturated carbocycles. The zero-order valence-corrected chi connectivity index (χ0v) is 17.8. The van der Waals surface area contributed by atoms with Crippen LogP contribution in [0.4, 0.5) is 0 Å². The molecule has 0 atom stereocenters. The molecule has 0 aliphatic heterocycles. The highest BCUT2D eigenvalue weighted by Crippen LogP contribution is 2.13. The number of hydrogen-bond donors (Lipinski definition) is 0. The molecule has 0 aromatic heterocycles. The summed E-state index contributed by atoms with van der Waals surface area (Å²) in [5.74, 6) is 0. The first-order valence-electron chi connectivity index (χ1n) is 11.6. The highest BCUT2D eigenvalue weighted by Gasteiger charge is 2.09. The van der Waals surface area contributed by atoms with Gasteiger partial charge in [-0.1, -0.05) is 104 Å². The van der Waals surface area contributed by atoms with E-state index in [0.29, 0.717) is 0 Å². The molecule has 152 valence electrons. The summed E-state index contributed by atoms with van der Waals surface area (Å²) in [6.07, 6.45) is 22.2. The van der Waals surface area contributed by atoms with Gasteiger partial charge in [-0.15, -0.1) is 0 Å². The van der Waals surface area contributed by atoms with E-state index in [0.717, 1.165) is 19.6 Å². The topological polar surface area (TPSA) is 18.5 Å². The summed E-state index contributed by atoms with van der Waals surface area (Å²) >= 11 is 0. The fraction of sp³-hybridized carbons (Fsp3) is 1.00. The molecule has 0 fully saturated rings. The summed E-state index contributed by atoms with van der Waals surface area (Å²) in [7, 11) is 0. The van der Waals surface area contributed by atoms with Gasteiger partial charge in [-0.05, 0) is 25.7 Å². The lowest BCUT2D eigenvalue weighted by Gasteiger charge is -2.19. The molecule has 0 N–H and O–H groups in total. The summed E-state index contributed by atoms with van der Waals surface area (Å²) in [5, 5.41) is 0. The van der Waals surface area contributed by atoms with Gasteiger partial charge in [-0.2, -0.15) is 0 Å². The van der Waals surface area contributed by atoms with Crippen LogP contribution in [0.5, 0.6) is 0 Å². The molecule has 0 amide bonds. The number of unbranched alkanes of at least 4 members (excludes halogenated alkanes) is 13. The van der Waals surface area contributed by atoms with Gasteiger partial charge in [0.1, 0.15) is 0 Å². The molecule has 0 unspecified atom stereocenters. The van der Waals surface area contributed by atoms with E-state index in [-0.39, 0.29) is 6.29 Å². The molecule has 2 nitrogen and oxygen atoms in total. The van der Waals surface area contributed by atoms with Gasteiger partial charge in [0.25, 0.3) is 0 Å². The van der Waals surface area contributed by atoms with Crippen molar-refractivity contribution in [2.45, 2.75) is 136 Å². The van der Waals surface area contributed by atoms with Gasteiger partial charge in [-0.25, -0.2) is 0 Å². The van der Waals surface area contributed by atoms with Crippen LogP contribution in [-0.4, -0.2) is 19.5 Å². The van der Waals surface area contributed by atoms with Gasteiger partial charge in [0.15, 0.2) is 6.29 Å². The maximum Gasteiger partial charge on any atom is 0.157 e. The SMILES string of the molecule is CCCCCCCCC(OCCCCCCC)OCCCCCCC. The Morgan fingerprint density at radius 1 is 0.440 bits per heavy atom. The Kier molecular flexibility index (Phi) is 21.9. The van der Waals surface area contributed by atoms with Crippen LogP contribution >= 0.6 is 0 Å². The zero-order valence-electron chi connectivity index (χ0n) is 17.8. The zero-order chi connectivity index (χ0) is 18.4. The van der Waals surface area contributed by atoms with Crippen LogP contribution in [0, 0.1) is 0 Å². The maximum absolute atomic E-state index is 6.06. The van der Waals surface area contributed by atoms with Crippen molar-refractivity contribution in [3.05, 3.63) is 0 Å². The van der Waals surface area contributed by atoms with Crippen LogP contribution in [0.15, 0.2) is 0 Å². The Labute approximate surface area is 159 Å². The first kappa shape index (κ1) is 24.9. The molecule has 0 spiro atoms. The predicted octanol–water partition coefficient (Wildman–Crippen LogP) is 8.04. The van der Waals surface area contributed by atoms with Gasteiger partial charge in [0, 0.05) is 13.2 Å². The lowest BCUT2D eigenvalue weighted by molar-refractivity contribution is -0.148. The summed E-state index contributed by atoms with van der Waals surface area (Å²) in [5.41, 5.74) is 0. The van der Waals surface area contributed by atoms with E-state index in [2.05, 4.69) is 20.8 Å². The van der Waals surface area contributed by atoms with E-state index < -0.39 is 0 Å². The van der Waals surface area contributed by atoms with Crippen molar-refractivity contribution >= 4 is 0 Å². The van der Waals surface area contributed by atoms with Crippen molar-refractivity contribution in [1.82, 2.24) is 0 Å². The first-order valence-corrected chi connectivity index (χ1v) is 11.6. The molecule has 2 heteroatoms. The van der Waals surface area contributed by atoms with Crippen LogP contribution in [0.25, 0.3) is 0 Å². The van der Waals surface area contributed by atoms with Crippen LogP contribution in [0.3, 0.4) is 0 Å². The van der Waals surface area contributed by atoms with E-state index >= 15 is 0 Å². The smallest absolute Gasteiger partial charge is 0.157 e. The van der Waals surface area contributed by atoms with Gasteiger partial charge in [0.2, 0.25) is 0 Å². The highest BCUT2D eigenvalue weighted by molar-refractivity contribution is 4.52. The van der Waals surface area contributed by atoms with Crippen molar-refractivity contribution in [2.75, 3.05) is 13.2 Å². The van der Waals surface area contributed by atoms with Crippen molar-refractivity contribution in [3.8, 4) is 0 Å². The van der Waals surface area contributed by atoms with Crippen LogP contribution in [0.2, 0.25) is 0 Å². The number of hydrogen-bond acceptors (Lipinski definition) is 2. The molecular formula is C23H48O2. The Hall–Kier alpha value is -0.0800. The molecule has 0 rings (SSSR count). The van der Waals surface area contributed by atoms with Crippen LogP contribution in [0.1, 0.15) is 130 Å². The molecule has 0 radical (unpaired) electrons. The quantitative estimate of drug-likeness (QED) is 0.153. The highest BCUT2D eigenvalue weighted by atomic mass is 16.7. The molecule has 25 heavy (non-hydrogen) atoms. The fourth-order valence-corrected chi connectivity index (χ4v) is 3.15. The minimum atomic E-state index is 0.0449. The maximum atomic E-state index is 6.06. The average Bonchev–Trinajstić information content (AvgIpc) is 2.63. The minimum absolute atomic E-state index is 0.0449. The largest absolute Gasteiger partial charge is 0.353 e. The van der Waals surface area contributed by atoms with Crippen LogP contribution < -0.4 is 0 Å². The molecule has 0 heterocycles.